The van der Waals surface area contributed by atoms with Crippen molar-refractivity contribution in [1.82, 2.24) is 15.0 Å². The van der Waals surface area contributed by atoms with Gasteiger partial charge in [0.1, 0.15) is 6.04 Å². The summed E-state index contributed by atoms with van der Waals surface area (Å²) in [5.74, 6) is 0.290. The van der Waals surface area contributed by atoms with Gasteiger partial charge in [-0.1, -0.05) is 5.16 Å². The van der Waals surface area contributed by atoms with Crippen LogP contribution >= 0.6 is 0 Å². The zero-order valence-electron chi connectivity index (χ0n) is 10.0. The lowest BCUT2D eigenvalue weighted by molar-refractivity contribution is -0.142. The van der Waals surface area contributed by atoms with E-state index in [4.69, 9.17) is 14.0 Å². The Morgan fingerprint density at radius 2 is 2.39 bits per heavy atom. The first-order chi connectivity index (χ1) is 8.58. The maximum atomic E-state index is 10.8. The van der Waals surface area contributed by atoms with Gasteiger partial charge in [0, 0.05) is 0 Å². The summed E-state index contributed by atoms with van der Waals surface area (Å²) in [6.07, 6.45) is 1.51. The van der Waals surface area contributed by atoms with Crippen molar-refractivity contribution in [3.05, 3.63) is 24.2 Å². The molecule has 0 aliphatic heterocycles. The Balaban J connectivity index is 2.05. The lowest BCUT2D eigenvalue weighted by Gasteiger charge is -2.18. The number of hydrogen-bond acceptors (Lipinski definition) is 6. The van der Waals surface area contributed by atoms with E-state index < -0.39 is 12.0 Å². The predicted molar refractivity (Wildman–Crippen MR) is 60.6 cm³/mol. The van der Waals surface area contributed by atoms with Gasteiger partial charge in [-0.25, -0.2) is 0 Å². The van der Waals surface area contributed by atoms with Crippen LogP contribution < -0.4 is 0 Å². The topological polar surface area (TPSA) is 92.6 Å². The molecule has 2 heterocycles. The smallest absolute Gasteiger partial charge is 0.320 e. The molecule has 0 amide bonds. The van der Waals surface area contributed by atoms with E-state index in [0.717, 1.165) is 0 Å². The van der Waals surface area contributed by atoms with Crippen molar-refractivity contribution >= 4 is 5.97 Å². The third-order valence-electron chi connectivity index (χ3n) is 2.61. The van der Waals surface area contributed by atoms with Crippen LogP contribution in [0.5, 0.6) is 0 Å². The number of aromatic nitrogens is 2. The largest absolute Gasteiger partial charge is 0.480 e. The van der Waals surface area contributed by atoms with Crippen molar-refractivity contribution in [3.8, 4) is 11.7 Å². The Labute approximate surface area is 103 Å². The monoisotopic (exact) mass is 251 g/mol. The van der Waals surface area contributed by atoms with E-state index >= 15 is 0 Å². The third kappa shape index (κ3) is 2.57. The molecule has 0 bridgehead atoms. The summed E-state index contributed by atoms with van der Waals surface area (Å²) in [5.41, 5.74) is 0. The summed E-state index contributed by atoms with van der Waals surface area (Å²) in [6, 6.07) is 2.81. The number of rotatable bonds is 5. The fourth-order valence-electron chi connectivity index (χ4n) is 1.37. The molecule has 1 atom stereocenters. The van der Waals surface area contributed by atoms with Gasteiger partial charge in [-0.05, 0) is 26.1 Å². The molecule has 7 heteroatoms. The van der Waals surface area contributed by atoms with Crippen molar-refractivity contribution in [1.29, 1.82) is 0 Å². The van der Waals surface area contributed by atoms with Gasteiger partial charge in [0.05, 0.1) is 12.8 Å². The van der Waals surface area contributed by atoms with Crippen LogP contribution in [0.3, 0.4) is 0 Å². The highest BCUT2D eigenvalue weighted by atomic mass is 16.5. The Morgan fingerprint density at radius 1 is 1.61 bits per heavy atom. The van der Waals surface area contributed by atoms with E-state index in [2.05, 4.69) is 10.1 Å². The highest BCUT2D eigenvalue weighted by Crippen LogP contribution is 2.17. The van der Waals surface area contributed by atoms with Crippen molar-refractivity contribution in [2.75, 3.05) is 7.05 Å². The minimum absolute atomic E-state index is 0.284. The average molecular weight is 251 g/mol. The average Bonchev–Trinajstić information content (AvgIpc) is 2.96. The molecule has 2 rings (SSSR count). The molecule has 0 aliphatic carbocycles. The summed E-state index contributed by atoms with van der Waals surface area (Å²) < 4.78 is 10.1. The van der Waals surface area contributed by atoms with Gasteiger partial charge in [-0.3, -0.25) is 9.69 Å². The Hall–Kier alpha value is -2.15. The van der Waals surface area contributed by atoms with Crippen LogP contribution in [0, 0.1) is 0 Å². The highest BCUT2D eigenvalue weighted by Gasteiger charge is 2.19. The van der Waals surface area contributed by atoms with Gasteiger partial charge in [-0.15, -0.1) is 0 Å². The predicted octanol–water partition coefficient (Wildman–Crippen LogP) is 1.23. The minimum atomic E-state index is -0.896. The summed E-state index contributed by atoms with van der Waals surface area (Å²) in [6.45, 7) is 1.88. The standard InChI is InChI=1S/C11H13N3O4/c1-7(11(15)16)14(2)6-9-12-10(18-13-9)8-4-3-5-17-8/h3-5,7H,6H2,1-2H3,(H,15,16). The van der Waals surface area contributed by atoms with Crippen LogP contribution in [0.25, 0.3) is 11.7 Å². The van der Waals surface area contributed by atoms with Gasteiger partial charge < -0.3 is 14.0 Å². The molecule has 0 fully saturated rings. The molecule has 1 N–H and O–H groups in total. The molecule has 0 radical (unpaired) electrons. The second-order valence-corrected chi connectivity index (χ2v) is 3.92. The Bertz CT molecular complexity index is 520. The molecule has 0 spiro atoms. The van der Waals surface area contributed by atoms with E-state index in [0.29, 0.717) is 11.6 Å². The maximum Gasteiger partial charge on any atom is 0.320 e. The van der Waals surface area contributed by atoms with Crippen molar-refractivity contribution < 1.29 is 18.8 Å². The molecule has 2 aromatic heterocycles. The van der Waals surface area contributed by atoms with Crippen molar-refractivity contribution in [2.24, 2.45) is 0 Å². The molecule has 2 aromatic rings. The fraction of sp³-hybridized carbons (Fsp3) is 0.364. The molecule has 1 unspecified atom stereocenters. The van der Waals surface area contributed by atoms with Gasteiger partial charge in [-0.2, -0.15) is 4.98 Å². The van der Waals surface area contributed by atoms with E-state index in [9.17, 15) is 4.79 Å². The van der Waals surface area contributed by atoms with E-state index in [1.165, 1.54) is 6.26 Å². The summed E-state index contributed by atoms with van der Waals surface area (Å²) in [4.78, 5) is 16.5. The maximum absolute atomic E-state index is 10.8. The fourth-order valence-corrected chi connectivity index (χ4v) is 1.37. The highest BCUT2D eigenvalue weighted by molar-refractivity contribution is 5.72. The van der Waals surface area contributed by atoms with Crippen LogP contribution in [0.4, 0.5) is 0 Å². The Kier molecular flexibility index (Phi) is 3.42. The third-order valence-corrected chi connectivity index (χ3v) is 2.61. The normalized spacial score (nSPS) is 12.8. The number of carboxylic acids is 1. The van der Waals surface area contributed by atoms with Crippen LogP contribution in [-0.4, -0.2) is 39.2 Å². The molecule has 96 valence electrons. The summed E-state index contributed by atoms with van der Waals surface area (Å²) in [7, 11) is 1.68. The van der Waals surface area contributed by atoms with Gasteiger partial charge in [0.15, 0.2) is 11.6 Å². The number of carboxylic acid groups (broad SMARTS) is 1. The van der Waals surface area contributed by atoms with Crippen molar-refractivity contribution in [3.63, 3.8) is 0 Å². The number of aliphatic carboxylic acids is 1. The molecule has 0 saturated heterocycles. The first-order valence-corrected chi connectivity index (χ1v) is 5.37. The van der Waals surface area contributed by atoms with E-state index in [-0.39, 0.29) is 12.4 Å². The van der Waals surface area contributed by atoms with Gasteiger partial charge in [0.25, 0.3) is 5.89 Å². The SMILES string of the molecule is CC(C(=O)O)N(C)Cc1noc(-c2ccco2)n1. The molecular weight excluding hydrogens is 238 g/mol. The molecule has 18 heavy (non-hydrogen) atoms. The quantitative estimate of drug-likeness (QED) is 0.854. The lowest BCUT2D eigenvalue weighted by atomic mass is 10.3. The number of nitrogens with zero attached hydrogens (tertiary/aromatic N) is 3. The molecule has 7 nitrogen and oxygen atoms in total. The van der Waals surface area contributed by atoms with E-state index in [1.54, 1.807) is 31.0 Å². The lowest BCUT2D eigenvalue weighted by Crippen LogP contribution is -2.35. The first-order valence-electron chi connectivity index (χ1n) is 5.37. The van der Waals surface area contributed by atoms with Crippen LogP contribution in [0.15, 0.2) is 27.3 Å². The van der Waals surface area contributed by atoms with Crippen LogP contribution in [-0.2, 0) is 11.3 Å². The number of likely N-dealkylation sites (N-methyl/N-ethyl adjacent to an activating group) is 1. The van der Waals surface area contributed by atoms with Gasteiger partial charge >= 0.3 is 5.97 Å². The zero-order chi connectivity index (χ0) is 13.1. The minimum Gasteiger partial charge on any atom is -0.480 e. The molecular formula is C11H13N3O4. The van der Waals surface area contributed by atoms with Crippen LogP contribution in [0.2, 0.25) is 0 Å². The molecule has 0 saturated carbocycles. The zero-order valence-corrected chi connectivity index (χ0v) is 10.0. The molecule has 0 aromatic carbocycles. The second kappa shape index (κ2) is 5.01. The number of hydrogen-bond donors (Lipinski definition) is 1. The van der Waals surface area contributed by atoms with Crippen LogP contribution in [0.1, 0.15) is 12.7 Å². The summed E-state index contributed by atoms with van der Waals surface area (Å²) >= 11 is 0. The van der Waals surface area contributed by atoms with Crippen molar-refractivity contribution in [2.45, 2.75) is 19.5 Å². The number of carbonyl (C=O) groups is 1. The summed E-state index contributed by atoms with van der Waals surface area (Å²) in [5, 5.41) is 12.6. The van der Waals surface area contributed by atoms with E-state index in [1.807, 2.05) is 0 Å². The second-order valence-electron chi connectivity index (χ2n) is 3.92. The van der Waals surface area contributed by atoms with Gasteiger partial charge in [0.2, 0.25) is 0 Å². The number of furan rings is 1. The molecule has 0 aliphatic rings. The Morgan fingerprint density at radius 3 is 3.00 bits per heavy atom. The first kappa shape index (κ1) is 12.3.